The normalized spacial score (nSPS) is 24.7. The highest BCUT2D eigenvalue weighted by Crippen LogP contribution is 2.12. The van der Waals surface area contributed by atoms with Crippen molar-refractivity contribution in [2.45, 2.75) is 38.3 Å². The highest BCUT2D eigenvalue weighted by Gasteiger charge is 2.31. The van der Waals surface area contributed by atoms with Crippen molar-refractivity contribution < 1.29 is 14.4 Å². The number of carbonyl (C=O) groups is 1. The number of hydroxylamine groups is 2. The minimum Gasteiger partial charge on any atom is -0.377 e. The average Bonchev–Trinajstić information content (AvgIpc) is 2.76. The maximum absolute atomic E-state index is 11.7. The minimum atomic E-state index is -0.170. The lowest BCUT2D eigenvalue weighted by molar-refractivity contribution is -0.170. The Morgan fingerprint density at radius 2 is 2.31 bits per heavy atom. The Labute approximate surface area is 97.0 Å². The molecule has 2 atom stereocenters. The van der Waals surface area contributed by atoms with Gasteiger partial charge in [-0.2, -0.15) is 0 Å². The molecule has 0 aromatic rings. The van der Waals surface area contributed by atoms with Gasteiger partial charge in [-0.3, -0.25) is 9.63 Å². The van der Waals surface area contributed by atoms with E-state index in [4.69, 9.17) is 9.57 Å². The van der Waals surface area contributed by atoms with E-state index in [-0.39, 0.29) is 18.1 Å². The van der Waals surface area contributed by atoms with Gasteiger partial charge in [0.1, 0.15) is 0 Å². The van der Waals surface area contributed by atoms with Crippen molar-refractivity contribution in [3.63, 3.8) is 0 Å². The van der Waals surface area contributed by atoms with Crippen LogP contribution in [0.3, 0.4) is 0 Å². The largest absolute Gasteiger partial charge is 0.377 e. The van der Waals surface area contributed by atoms with Gasteiger partial charge < -0.3 is 10.1 Å². The van der Waals surface area contributed by atoms with Gasteiger partial charge in [0.05, 0.1) is 19.3 Å². The lowest BCUT2D eigenvalue weighted by atomic mass is 10.2. The van der Waals surface area contributed by atoms with Crippen molar-refractivity contribution in [1.82, 2.24) is 10.4 Å². The molecule has 16 heavy (non-hydrogen) atoms. The van der Waals surface area contributed by atoms with Crippen LogP contribution in [0, 0.1) is 0 Å². The Morgan fingerprint density at radius 3 is 2.94 bits per heavy atom. The number of unbranched alkanes of at least 4 members (excludes halogenated alkanes) is 1. The highest BCUT2D eigenvalue weighted by atomic mass is 16.7. The van der Waals surface area contributed by atoms with Crippen molar-refractivity contribution >= 4 is 5.91 Å². The second-order valence-electron chi connectivity index (χ2n) is 4.06. The zero-order valence-corrected chi connectivity index (χ0v) is 10.4. The molecule has 1 fully saturated rings. The maximum Gasteiger partial charge on any atom is 0.263 e. The molecular formula is C11H22N2O3. The van der Waals surface area contributed by atoms with Crippen LogP contribution in [-0.2, 0) is 14.4 Å². The number of hydrogen-bond donors (Lipinski definition) is 1. The number of nitrogens with zero attached hydrogens (tertiary/aromatic N) is 1. The first kappa shape index (κ1) is 13.4. The number of rotatable bonds is 6. The summed E-state index contributed by atoms with van der Waals surface area (Å²) in [7, 11) is 3.11. The second kappa shape index (κ2) is 6.83. The molecule has 0 unspecified atom stereocenters. The summed E-state index contributed by atoms with van der Waals surface area (Å²) in [6.45, 7) is 3.66. The molecule has 1 rings (SSSR count). The van der Waals surface area contributed by atoms with Gasteiger partial charge >= 0.3 is 0 Å². The Kier molecular flexibility index (Phi) is 5.73. The molecule has 1 aliphatic rings. The van der Waals surface area contributed by atoms with Crippen molar-refractivity contribution in [2.24, 2.45) is 0 Å². The lowest BCUT2D eigenvalue weighted by Crippen LogP contribution is -2.40. The predicted octanol–water partition coefficient (Wildman–Crippen LogP) is 0.553. The van der Waals surface area contributed by atoms with Gasteiger partial charge in [0.2, 0.25) is 0 Å². The topological polar surface area (TPSA) is 50.8 Å². The van der Waals surface area contributed by atoms with E-state index < -0.39 is 0 Å². The molecule has 5 heteroatoms. The molecule has 1 saturated heterocycles. The van der Waals surface area contributed by atoms with E-state index in [1.807, 2.05) is 0 Å². The molecule has 5 nitrogen and oxygen atoms in total. The molecule has 0 aliphatic carbocycles. The molecule has 1 N–H and O–H groups in total. The summed E-state index contributed by atoms with van der Waals surface area (Å²) < 4.78 is 5.66. The molecule has 0 aromatic carbocycles. The summed E-state index contributed by atoms with van der Waals surface area (Å²) in [5, 5.41) is 4.41. The fourth-order valence-corrected chi connectivity index (χ4v) is 1.72. The fourth-order valence-electron chi connectivity index (χ4n) is 1.72. The Bertz CT molecular complexity index is 223. The van der Waals surface area contributed by atoms with Gasteiger partial charge in [-0.1, -0.05) is 13.3 Å². The van der Waals surface area contributed by atoms with E-state index in [1.165, 1.54) is 12.2 Å². The van der Waals surface area contributed by atoms with E-state index in [0.29, 0.717) is 0 Å². The van der Waals surface area contributed by atoms with E-state index in [9.17, 15) is 4.79 Å². The van der Waals surface area contributed by atoms with Crippen molar-refractivity contribution in [1.29, 1.82) is 0 Å². The van der Waals surface area contributed by atoms with Gasteiger partial charge in [0, 0.05) is 20.2 Å². The number of ether oxygens (including phenoxy) is 1. The number of nitrogens with one attached hydrogen (secondary N) is 1. The molecule has 0 spiro atoms. The zero-order chi connectivity index (χ0) is 12.0. The summed E-state index contributed by atoms with van der Waals surface area (Å²) in [6.07, 6.45) is 3.10. The van der Waals surface area contributed by atoms with Crippen LogP contribution in [-0.4, -0.2) is 50.4 Å². The molecule has 1 heterocycles. The fraction of sp³-hybridized carbons (Fsp3) is 0.909. The van der Waals surface area contributed by atoms with Crippen LogP contribution >= 0.6 is 0 Å². The summed E-state index contributed by atoms with van der Waals surface area (Å²) in [4.78, 5) is 16.6. The number of likely N-dealkylation sites (N-methyl/N-ethyl adjacent to an activating group) is 1. The molecule has 0 radical (unpaired) electrons. The first-order valence-electron chi connectivity index (χ1n) is 5.85. The van der Waals surface area contributed by atoms with E-state index in [2.05, 4.69) is 12.2 Å². The third kappa shape index (κ3) is 3.73. The third-order valence-electron chi connectivity index (χ3n) is 2.82. The molecule has 1 amide bonds. The van der Waals surface area contributed by atoms with Gasteiger partial charge in [0.15, 0.2) is 0 Å². The van der Waals surface area contributed by atoms with Gasteiger partial charge in [-0.25, -0.2) is 5.06 Å². The second-order valence-corrected chi connectivity index (χ2v) is 4.06. The Balaban J connectivity index is 2.26. The van der Waals surface area contributed by atoms with Crippen LogP contribution in [0.2, 0.25) is 0 Å². The number of carbonyl (C=O) groups excluding carboxylic acids is 1. The van der Waals surface area contributed by atoms with Crippen molar-refractivity contribution in [3.8, 4) is 0 Å². The minimum absolute atomic E-state index is 0.0379. The molecular weight excluding hydrogens is 208 g/mol. The summed E-state index contributed by atoms with van der Waals surface area (Å²) in [5.41, 5.74) is 0. The Morgan fingerprint density at radius 1 is 1.56 bits per heavy atom. The SMILES string of the molecule is CCCCO[C@H]1CN[C@@H](C(=O)N(C)OC)C1. The summed E-state index contributed by atoms with van der Waals surface area (Å²) >= 11 is 0. The number of amides is 1. The van der Waals surface area contributed by atoms with Gasteiger partial charge in [-0.15, -0.1) is 0 Å². The summed E-state index contributed by atoms with van der Waals surface area (Å²) in [5.74, 6) is -0.0379. The first-order valence-corrected chi connectivity index (χ1v) is 5.85. The van der Waals surface area contributed by atoms with E-state index in [1.54, 1.807) is 7.05 Å². The lowest BCUT2D eigenvalue weighted by Gasteiger charge is -2.18. The third-order valence-corrected chi connectivity index (χ3v) is 2.82. The average molecular weight is 230 g/mol. The van der Waals surface area contributed by atoms with Crippen molar-refractivity contribution in [2.75, 3.05) is 27.3 Å². The molecule has 0 aromatic heterocycles. The van der Waals surface area contributed by atoms with Crippen LogP contribution in [0.4, 0.5) is 0 Å². The Hall–Kier alpha value is -0.650. The van der Waals surface area contributed by atoms with Gasteiger partial charge in [0.25, 0.3) is 5.91 Å². The number of hydrogen-bond acceptors (Lipinski definition) is 4. The van der Waals surface area contributed by atoms with E-state index in [0.717, 1.165) is 32.4 Å². The maximum atomic E-state index is 11.7. The standard InChI is InChI=1S/C11H22N2O3/c1-4-5-6-16-9-7-10(12-8-9)11(14)13(2)15-3/h9-10,12H,4-8H2,1-3H3/t9-,10-/m1/s1. The monoisotopic (exact) mass is 230 g/mol. The van der Waals surface area contributed by atoms with Crippen molar-refractivity contribution in [3.05, 3.63) is 0 Å². The van der Waals surface area contributed by atoms with Crippen LogP contribution in [0.15, 0.2) is 0 Å². The predicted molar refractivity (Wildman–Crippen MR) is 60.8 cm³/mol. The molecule has 1 aliphatic heterocycles. The quantitative estimate of drug-likeness (QED) is 0.535. The van der Waals surface area contributed by atoms with Crippen LogP contribution in [0.25, 0.3) is 0 Å². The van der Waals surface area contributed by atoms with Crippen LogP contribution < -0.4 is 5.32 Å². The van der Waals surface area contributed by atoms with Gasteiger partial charge in [-0.05, 0) is 12.8 Å². The first-order chi connectivity index (χ1) is 7.69. The van der Waals surface area contributed by atoms with E-state index >= 15 is 0 Å². The summed E-state index contributed by atoms with van der Waals surface area (Å²) in [6, 6.07) is -0.170. The molecule has 0 saturated carbocycles. The molecule has 94 valence electrons. The van der Waals surface area contributed by atoms with Crippen LogP contribution in [0.5, 0.6) is 0 Å². The zero-order valence-electron chi connectivity index (χ0n) is 10.4. The highest BCUT2D eigenvalue weighted by molar-refractivity contribution is 5.81. The molecule has 0 bridgehead atoms. The van der Waals surface area contributed by atoms with Crippen LogP contribution in [0.1, 0.15) is 26.2 Å². The smallest absolute Gasteiger partial charge is 0.263 e.